The smallest absolute Gasteiger partial charge is 0.435 e. The van der Waals surface area contributed by atoms with Crippen LogP contribution in [0.4, 0.5) is 13.2 Å². The fourth-order valence-electron chi connectivity index (χ4n) is 1.82. The molecule has 1 unspecified atom stereocenters. The highest BCUT2D eigenvalue weighted by Crippen LogP contribution is 2.30. The number of hydrogen-bond acceptors (Lipinski definition) is 3. The summed E-state index contributed by atoms with van der Waals surface area (Å²) in [7, 11) is 0. The van der Waals surface area contributed by atoms with E-state index >= 15 is 0 Å². The van der Waals surface area contributed by atoms with Crippen molar-refractivity contribution < 1.29 is 27.9 Å². The number of alkyl halides is 3. The molecule has 10 heteroatoms. The summed E-state index contributed by atoms with van der Waals surface area (Å²) in [5.74, 6) is -2.35. The molecule has 2 rings (SSSR count). The van der Waals surface area contributed by atoms with Gasteiger partial charge in [-0.2, -0.15) is 18.3 Å². The minimum absolute atomic E-state index is 0.0581. The molecular formula is C14H11ClF3N3O3. The Bertz CT molecular complexity index is 789. The van der Waals surface area contributed by atoms with E-state index in [9.17, 15) is 22.8 Å². The van der Waals surface area contributed by atoms with Gasteiger partial charge < -0.3 is 10.4 Å². The summed E-state index contributed by atoms with van der Waals surface area (Å²) < 4.78 is 39.5. The molecule has 1 amide bonds. The third-order valence-electron chi connectivity index (χ3n) is 3.03. The lowest BCUT2D eigenvalue weighted by Gasteiger charge is -2.11. The van der Waals surface area contributed by atoms with Crippen LogP contribution < -0.4 is 5.32 Å². The van der Waals surface area contributed by atoms with Crippen molar-refractivity contribution in [2.45, 2.75) is 19.1 Å². The van der Waals surface area contributed by atoms with Gasteiger partial charge in [0.1, 0.15) is 11.7 Å². The Hall–Kier alpha value is -2.55. The molecule has 1 aromatic heterocycles. The first-order valence-electron chi connectivity index (χ1n) is 6.57. The molecule has 2 aromatic rings. The molecule has 0 aliphatic heterocycles. The van der Waals surface area contributed by atoms with Crippen LogP contribution in [0.2, 0.25) is 5.02 Å². The second-order valence-electron chi connectivity index (χ2n) is 4.81. The summed E-state index contributed by atoms with van der Waals surface area (Å²) in [5, 5.41) is 14.3. The Morgan fingerprint density at radius 1 is 1.33 bits per heavy atom. The van der Waals surface area contributed by atoms with E-state index in [0.717, 1.165) is 4.68 Å². The second kappa shape index (κ2) is 6.52. The number of nitrogens with one attached hydrogen (secondary N) is 1. The minimum atomic E-state index is -4.78. The lowest BCUT2D eigenvalue weighted by molar-refractivity contribution is -0.141. The predicted molar refractivity (Wildman–Crippen MR) is 78.1 cm³/mol. The van der Waals surface area contributed by atoms with Crippen molar-refractivity contribution in [1.82, 2.24) is 15.1 Å². The molecule has 0 bridgehead atoms. The van der Waals surface area contributed by atoms with Crippen LogP contribution in [-0.2, 0) is 11.0 Å². The topological polar surface area (TPSA) is 84.2 Å². The van der Waals surface area contributed by atoms with Gasteiger partial charge in [0.05, 0.1) is 10.7 Å². The quantitative estimate of drug-likeness (QED) is 0.877. The van der Waals surface area contributed by atoms with Crippen molar-refractivity contribution in [3.8, 4) is 5.69 Å². The number of amides is 1. The first-order chi connectivity index (χ1) is 11.1. The van der Waals surface area contributed by atoms with Gasteiger partial charge in [-0.3, -0.25) is 9.59 Å². The van der Waals surface area contributed by atoms with Gasteiger partial charge in [-0.15, -0.1) is 0 Å². The van der Waals surface area contributed by atoms with Crippen molar-refractivity contribution in [3.63, 3.8) is 0 Å². The fourth-order valence-corrected chi connectivity index (χ4v) is 2.04. The van der Waals surface area contributed by atoms with Crippen LogP contribution in [-0.4, -0.2) is 32.8 Å². The molecule has 0 radical (unpaired) electrons. The maximum atomic E-state index is 12.9. The zero-order chi connectivity index (χ0) is 18.1. The molecule has 1 aromatic carbocycles. The van der Waals surface area contributed by atoms with Gasteiger partial charge in [0.15, 0.2) is 5.69 Å². The molecule has 0 fully saturated rings. The second-order valence-corrected chi connectivity index (χ2v) is 5.22. The third-order valence-corrected chi connectivity index (χ3v) is 3.35. The summed E-state index contributed by atoms with van der Waals surface area (Å²) in [6, 6.07) is 5.12. The van der Waals surface area contributed by atoms with Crippen LogP contribution in [0.3, 0.4) is 0 Å². The molecule has 24 heavy (non-hydrogen) atoms. The van der Waals surface area contributed by atoms with E-state index in [2.05, 4.69) is 10.4 Å². The number of hydrogen-bond donors (Lipinski definition) is 2. The van der Waals surface area contributed by atoms with Crippen LogP contribution in [0.5, 0.6) is 0 Å². The van der Waals surface area contributed by atoms with Gasteiger partial charge in [0, 0.05) is 6.07 Å². The monoisotopic (exact) mass is 361 g/mol. The number of carbonyl (C=O) groups excluding carboxylic acids is 1. The summed E-state index contributed by atoms with van der Waals surface area (Å²) >= 11 is 5.95. The Labute approximate surface area is 138 Å². The molecule has 128 valence electrons. The Kier molecular flexibility index (Phi) is 4.83. The highest BCUT2D eigenvalue weighted by Gasteiger charge is 2.36. The van der Waals surface area contributed by atoms with Crippen LogP contribution in [0.25, 0.3) is 5.69 Å². The summed E-state index contributed by atoms with van der Waals surface area (Å²) in [6.45, 7) is 1.18. The van der Waals surface area contributed by atoms with E-state index in [1.807, 2.05) is 0 Å². The zero-order valence-corrected chi connectivity index (χ0v) is 12.9. The number of aliphatic carboxylic acids is 1. The SMILES string of the molecule is CC(NC(=O)c1cc(C(F)(F)F)nn1-c1ccccc1Cl)C(=O)O. The Balaban J connectivity index is 2.53. The molecule has 0 aliphatic carbocycles. The highest BCUT2D eigenvalue weighted by atomic mass is 35.5. The minimum Gasteiger partial charge on any atom is -0.480 e. The third kappa shape index (κ3) is 3.67. The van der Waals surface area contributed by atoms with Gasteiger partial charge in [0.2, 0.25) is 0 Å². The molecule has 0 aliphatic rings. The molecular weight excluding hydrogens is 351 g/mol. The summed E-state index contributed by atoms with van der Waals surface area (Å²) in [4.78, 5) is 23.0. The number of aromatic nitrogens is 2. The predicted octanol–water partition coefficient (Wildman–Crippen LogP) is 2.75. The number of rotatable bonds is 4. The maximum Gasteiger partial charge on any atom is 0.435 e. The standard InChI is InChI=1S/C14H11ClF3N3O3/c1-7(13(23)24)19-12(22)10-6-11(14(16,17)18)20-21(10)9-5-3-2-4-8(9)15/h2-7H,1H3,(H,19,22)(H,23,24). The first kappa shape index (κ1) is 17.8. The Morgan fingerprint density at radius 2 is 1.96 bits per heavy atom. The number of carbonyl (C=O) groups is 2. The summed E-state index contributed by atoms with van der Waals surface area (Å²) in [6.07, 6.45) is -4.78. The van der Waals surface area contributed by atoms with E-state index < -0.39 is 35.5 Å². The number of halogens is 4. The van der Waals surface area contributed by atoms with Crippen LogP contribution in [0.1, 0.15) is 23.1 Å². The fraction of sp³-hybridized carbons (Fsp3) is 0.214. The average molecular weight is 362 g/mol. The number of nitrogens with zero attached hydrogens (tertiary/aromatic N) is 2. The number of para-hydroxylation sites is 1. The Morgan fingerprint density at radius 3 is 2.50 bits per heavy atom. The van der Waals surface area contributed by atoms with Gasteiger partial charge in [-0.25, -0.2) is 4.68 Å². The van der Waals surface area contributed by atoms with Crippen molar-refractivity contribution in [1.29, 1.82) is 0 Å². The normalized spacial score (nSPS) is 12.7. The van der Waals surface area contributed by atoms with Crippen molar-refractivity contribution in [3.05, 3.63) is 46.7 Å². The first-order valence-corrected chi connectivity index (χ1v) is 6.95. The average Bonchev–Trinajstić information content (AvgIpc) is 2.92. The van der Waals surface area contributed by atoms with Crippen molar-refractivity contribution in [2.24, 2.45) is 0 Å². The molecule has 0 saturated heterocycles. The maximum absolute atomic E-state index is 12.9. The number of benzene rings is 1. The number of carboxylic acid groups (broad SMARTS) is 1. The van der Waals surface area contributed by atoms with Gasteiger partial charge in [-0.1, -0.05) is 23.7 Å². The van der Waals surface area contributed by atoms with Gasteiger partial charge in [-0.05, 0) is 19.1 Å². The molecule has 6 nitrogen and oxygen atoms in total. The van der Waals surface area contributed by atoms with Crippen molar-refractivity contribution >= 4 is 23.5 Å². The summed E-state index contributed by atoms with van der Waals surface area (Å²) in [5.41, 5.74) is -1.72. The zero-order valence-electron chi connectivity index (χ0n) is 12.1. The van der Waals surface area contributed by atoms with Crippen LogP contribution >= 0.6 is 11.6 Å². The van der Waals surface area contributed by atoms with Gasteiger partial charge >= 0.3 is 12.1 Å². The molecule has 0 saturated carbocycles. The lowest BCUT2D eigenvalue weighted by Crippen LogP contribution is -2.39. The lowest BCUT2D eigenvalue weighted by atomic mass is 10.2. The number of carboxylic acids is 1. The van der Waals surface area contributed by atoms with E-state index in [1.165, 1.54) is 25.1 Å². The van der Waals surface area contributed by atoms with Crippen molar-refractivity contribution in [2.75, 3.05) is 0 Å². The highest BCUT2D eigenvalue weighted by molar-refractivity contribution is 6.32. The van der Waals surface area contributed by atoms with Crippen LogP contribution in [0, 0.1) is 0 Å². The molecule has 0 spiro atoms. The molecule has 2 N–H and O–H groups in total. The van der Waals surface area contributed by atoms with E-state index in [-0.39, 0.29) is 10.7 Å². The van der Waals surface area contributed by atoms with E-state index in [4.69, 9.17) is 16.7 Å². The molecule has 1 heterocycles. The molecule has 1 atom stereocenters. The van der Waals surface area contributed by atoms with Gasteiger partial charge in [0.25, 0.3) is 5.91 Å². The van der Waals surface area contributed by atoms with Crippen LogP contribution in [0.15, 0.2) is 30.3 Å². The van der Waals surface area contributed by atoms with E-state index in [1.54, 1.807) is 6.07 Å². The van der Waals surface area contributed by atoms with E-state index in [0.29, 0.717) is 6.07 Å². The largest absolute Gasteiger partial charge is 0.480 e.